The van der Waals surface area contributed by atoms with Crippen LogP contribution in [-0.4, -0.2) is 23.6 Å². The number of ether oxygens (including phenoxy) is 2. The number of anilines is 2. The molecule has 8 nitrogen and oxygen atoms in total. The number of carbonyl (C=O) groups is 4. The topological polar surface area (TPSA) is 93.2 Å². The maximum atomic E-state index is 13.2. The summed E-state index contributed by atoms with van der Waals surface area (Å²) in [5.74, 6) is 2.13. The number of imide groups is 2. The van der Waals surface area contributed by atoms with Gasteiger partial charge in [0.25, 0.3) is 0 Å². The van der Waals surface area contributed by atoms with E-state index < -0.39 is 0 Å². The SMILES string of the molecule is CC(C)(c1ccc(Oc2ccc(N3C(=O)[C@@H]4[C@@H](C3=O)[C@H]3C=C[C@H]4C3)cc2)cc1)c1ccc(Oc2ccc(N3C(=O)[C@@H]4[C@H](C3=O)[C@H]3C=C[C@H]4C3)cc2)cc1. The number of amides is 4. The van der Waals surface area contributed by atoms with Crippen molar-refractivity contribution in [2.45, 2.75) is 32.1 Å². The molecule has 4 amide bonds. The molecule has 8 heteroatoms. The van der Waals surface area contributed by atoms with Crippen LogP contribution in [0.15, 0.2) is 121 Å². The van der Waals surface area contributed by atoms with Gasteiger partial charge in [-0.1, -0.05) is 62.4 Å². The van der Waals surface area contributed by atoms with Crippen LogP contribution in [0.25, 0.3) is 0 Å². The van der Waals surface area contributed by atoms with E-state index in [1.165, 1.54) is 9.80 Å². The highest BCUT2D eigenvalue weighted by Crippen LogP contribution is 2.54. The third kappa shape index (κ3) is 4.88. The minimum Gasteiger partial charge on any atom is -0.457 e. The number of nitrogens with zero attached hydrogens (tertiary/aromatic N) is 2. The molecule has 4 fully saturated rings. The van der Waals surface area contributed by atoms with Crippen LogP contribution in [0.5, 0.6) is 23.0 Å². The average molecular weight is 703 g/mol. The molecule has 2 aliphatic heterocycles. The van der Waals surface area contributed by atoms with Gasteiger partial charge in [-0.2, -0.15) is 0 Å². The highest BCUT2D eigenvalue weighted by Gasteiger charge is 2.60. The smallest absolute Gasteiger partial charge is 0.238 e. The second-order valence-corrected chi connectivity index (χ2v) is 15.9. The highest BCUT2D eigenvalue weighted by atomic mass is 16.5. The second kappa shape index (κ2) is 11.6. The first-order chi connectivity index (χ1) is 25.7. The Balaban J connectivity index is 0.768. The van der Waals surface area contributed by atoms with E-state index in [4.69, 9.17) is 9.47 Å². The van der Waals surface area contributed by atoms with Crippen LogP contribution in [0.4, 0.5) is 11.4 Å². The summed E-state index contributed by atoms with van der Waals surface area (Å²) < 4.78 is 12.3. The molecule has 0 unspecified atom stereocenters. The van der Waals surface area contributed by atoms with Gasteiger partial charge in [-0.25, -0.2) is 0 Å². The van der Waals surface area contributed by atoms with E-state index in [1.807, 2.05) is 24.3 Å². The summed E-state index contributed by atoms with van der Waals surface area (Å²) in [5, 5.41) is 0. The minimum absolute atomic E-state index is 0.0845. The lowest BCUT2D eigenvalue weighted by atomic mass is 9.78. The fourth-order valence-corrected chi connectivity index (χ4v) is 9.96. The first-order valence-electron chi connectivity index (χ1n) is 18.5. The number of hydrogen-bond donors (Lipinski definition) is 0. The van der Waals surface area contributed by atoms with Crippen LogP contribution < -0.4 is 19.3 Å². The van der Waals surface area contributed by atoms with Gasteiger partial charge in [0, 0.05) is 5.41 Å². The largest absolute Gasteiger partial charge is 0.457 e. The number of benzene rings is 4. The summed E-state index contributed by atoms with van der Waals surface area (Å²) in [7, 11) is 0. The molecule has 4 bridgehead atoms. The van der Waals surface area contributed by atoms with Gasteiger partial charge in [-0.3, -0.25) is 29.0 Å². The highest BCUT2D eigenvalue weighted by molar-refractivity contribution is 6.23. The van der Waals surface area contributed by atoms with E-state index in [9.17, 15) is 19.2 Å². The predicted molar refractivity (Wildman–Crippen MR) is 198 cm³/mol. The van der Waals surface area contributed by atoms with Gasteiger partial charge in [0.05, 0.1) is 35.0 Å². The second-order valence-electron chi connectivity index (χ2n) is 15.9. The summed E-state index contributed by atoms with van der Waals surface area (Å²) >= 11 is 0. The summed E-state index contributed by atoms with van der Waals surface area (Å²) in [6.45, 7) is 4.34. The maximum absolute atomic E-state index is 13.2. The standard InChI is InChI=1S/C45H38N2O6/c1-45(2,29-7-15-33(16-8-29)52-35-19-11-31(12-20-35)46-41(48)37-25-3-4-26(23-25)38(37)42(46)49)30-9-17-34(18-10-30)53-36-21-13-32(14-22-36)47-43(50)39-27-5-6-28(24-27)40(39)44(47)51/h3-22,25-28,37-40H,23-24H2,1-2H3/t25-,26-,27-,28-,37-,38-,39-,40+/m0/s1. The van der Waals surface area contributed by atoms with Crippen LogP contribution in [0, 0.1) is 47.3 Å². The molecule has 4 aromatic carbocycles. The molecule has 2 saturated carbocycles. The van der Waals surface area contributed by atoms with Gasteiger partial charge < -0.3 is 9.47 Å². The van der Waals surface area contributed by atoms with E-state index in [1.54, 1.807) is 48.5 Å². The molecule has 0 aromatic heterocycles. The fraction of sp³-hybridized carbons (Fsp3) is 0.289. The van der Waals surface area contributed by atoms with Crippen molar-refractivity contribution in [1.29, 1.82) is 0 Å². The Kier molecular flexibility index (Phi) is 7.00. The van der Waals surface area contributed by atoms with Crippen molar-refractivity contribution in [3.63, 3.8) is 0 Å². The predicted octanol–water partition coefficient (Wildman–Crippen LogP) is 8.22. The van der Waals surface area contributed by atoms with Crippen molar-refractivity contribution in [3.8, 4) is 23.0 Å². The van der Waals surface area contributed by atoms with E-state index >= 15 is 0 Å². The van der Waals surface area contributed by atoms with Gasteiger partial charge in [0.1, 0.15) is 23.0 Å². The van der Waals surface area contributed by atoms with Crippen LogP contribution in [0.3, 0.4) is 0 Å². The molecular weight excluding hydrogens is 665 g/mol. The average Bonchev–Trinajstić information content (AvgIpc) is 4.03. The lowest BCUT2D eigenvalue weighted by molar-refractivity contribution is -0.124. The molecule has 4 aliphatic carbocycles. The molecule has 0 N–H and O–H groups in total. The lowest BCUT2D eigenvalue weighted by Gasteiger charge is -2.26. The van der Waals surface area contributed by atoms with Crippen LogP contribution in [0.2, 0.25) is 0 Å². The van der Waals surface area contributed by atoms with Gasteiger partial charge >= 0.3 is 0 Å². The van der Waals surface area contributed by atoms with E-state index in [-0.39, 0.29) is 76.4 Å². The van der Waals surface area contributed by atoms with Crippen molar-refractivity contribution >= 4 is 35.0 Å². The molecule has 264 valence electrons. The summed E-state index contributed by atoms with van der Waals surface area (Å²) in [6.07, 6.45) is 10.2. The van der Waals surface area contributed by atoms with E-state index in [0.717, 1.165) is 24.0 Å². The molecule has 0 spiro atoms. The molecule has 4 aromatic rings. The third-order valence-corrected chi connectivity index (χ3v) is 12.8. The Morgan fingerprint density at radius 2 is 0.698 bits per heavy atom. The molecule has 2 saturated heterocycles. The van der Waals surface area contributed by atoms with Crippen LogP contribution in [-0.2, 0) is 24.6 Å². The monoisotopic (exact) mass is 702 g/mol. The third-order valence-electron chi connectivity index (χ3n) is 12.8. The zero-order valence-electron chi connectivity index (χ0n) is 29.4. The Bertz CT molecular complexity index is 2020. The summed E-state index contributed by atoms with van der Waals surface area (Å²) in [6, 6.07) is 30.3. The van der Waals surface area contributed by atoms with Crippen molar-refractivity contribution in [3.05, 3.63) is 132 Å². The zero-order valence-corrected chi connectivity index (χ0v) is 29.4. The Labute approximate surface area is 307 Å². The Hall–Kier alpha value is -5.76. The minimum atomic E-state index is -0.301. The first-order valence-corrected chi connectivity index (χ1v) is 18.5. The van der Waals surface area contributed by atoms with Gasteiger partial charge in [0.15, 0.2) is 0 Å². The number of allylic oxidation sites excluding steroid dienone is 4. The van der Waals surface area contributed by atoms with Crippen molar-refractivity contribution < 1.29 is 28.7 Å². The van der Waals surface area contributed by atoms with Crippen molar-refractivity contribution in [2.75, 3.05) is 9.80 Å². The van der Waals surface area contributed by atoms with Crippen LogP contribution >= 0.6 is 0 Å². The zero-order chi connectivity index (χ0) is 36.2. The molecule has 8 atom stereocenters. The Morgan fingerprint density at radius 1 is 0.434 bits per heavy atom. The summed E-state index contributed by atoms with van der Waals surface area (Å²) in [4.78, 5) is 55.5. The lowest BCUT2D eigenvalue weighted by Crippen LogP contribution is -2.32. The molecule has 0 radical (unpaired) electrons. The molecule has 6 aliphatic rings. The number of carbonyl (C=O) groups excluding carboxylic acids is 4. The van der Waals surface area contributed by atoms with Crippen molar-refractivity contribution in [2.24, 2.45) is 47.3 Å². The van der Waals surface area contributed by atoms with Gasteiger partial charge in [-0.15, -0.1) is 0 Å². The van der Waals surface area contributed by atoms with Crippen LogP contribution in [0.1, 0.15) is 37.8 Å². The number of rotatable bonds is 8. The van der Waals surface area contributed by atoms with Crippen molar-refractivity contribution in [1.82, 2.24) is 0 Å². The first kappa shape index (κ1) is 31.9. The number of hydrogen-bond acceptors (Lipinski definition) is 6. The quantitative estimate of drug-likeness (QED) is 0.136. The van der Waals surface area contributed by atoms with Gasteiger partial charge in [-0.05, 0) is 120 Å². The molecular formula is C45H38N2O6. The normalized spacial score (nSPS) is 29.1. The van der Waals surface area contributed by atoms with Gasteiger partial charge in [0.2, 0.25) is 23.6 Å². The maximum Gasteiger partial charge on any atom is 0.238 e. The molecule has 53 heavy (non-hydrogen) atoms. The summed E-state index contributed by atoms with van der Waals surface area (Å²) in [5.41, 5.74) is 3.11. The van der Waals surface area contributed by atoms with E-state index in [2.05, 4.69) is 62.4 Å². The fourth-order valence-electron chi connectivity index (χ4n) is 9.96. The Morgan fingerprint density at radius 3 is 0.981 bits per heavy atom. The van der Waals surface area contributed by atoms with E-state index in [0.29, 0.717) is 34.4 Å². The molecule has 10 rings (SSSR count). The molecule has 2 heterocycles. The number of fused-ring (bicyclic) bond motifs is 10.